The van der Waals surface area contributed by atoms with E-state index in [0.29, 0.717) is 4.47 Å². The number of halogens is 3. The first kappa shape index (κ1) is 17.5. The molecule has 1 fully saturated rings. The molecular weight excluding hydrogens is 397 g/mol. The standard InChI is InChI=1S/C14H18BrCl2NO2S/c1-14(2)5-3-10(4-6-14)18-21(19,20)13-11(16)7-9(15)8-12(13)17/h7-8,10,18H,3-6H2,1-2H3. The van der Waals surface area contributed by atoms with Gasteiger partial charge < -0.3 is 0 Å². The molecule has 1 saturated carbocycles. The Balaban J connectivity index is 2.20. The SMILES string of the molecule is CC1(C)CCC(NS(=O)(=O)c2c(Cl)cc(Br)cc2Cl)CC1. The fourth-order valence-corrected chi connectivity index (χ4v) is 5.82. The molecule has 3 nitrogen and oxygen atoms in total. The van der Waals surface area contributed by atoms with Gasteiger partial charge in [-0.05, 0) is 43.2 Å². The van der Waals surface area contributed by atoms with Gasteiger partial charge in [0.2, 0.25) is 10.0 Å². The number of hydrogen-bond donors (Lipinski definition) is 1. The highest BCUT2D eigenvalue weighted by atomic mass is 79.9. The van der Waals surface area contributed by atoms with Gasteiger partial charge in [0, 0.05) is 10.5 Å². The fourth-order valence-electron chi connectivity index (χ4n) is 2.58. The highest BCUT2D eigenvalue weighted by Gasteiger charge is 2.31. The van der Waals surface area contributed by atoms with Gasteiger partial charge in [0.15, 0.2) is 0 Å². The Morgan fingerprint density at radius 3 is 2.14 bits per heavy atom. The molecule has 7 heteroatoms. The fraction of sp³-hybridized carbons (Fsp3) is 0.571. The van der Waals surface area contributed by atoms with Crippen molar-refractivity contribution in [2.24, 2.45) is 5.41 Å². The van der Waals surface area contributed by atoms with Crippen LogP contribution in [0, 0.1) is 5.41 Å². The van der Waals surface area contributed by atoms with Gasteiger partial charge in [-0.25, -0.2) is 13.1 Å². The minimum atomic E-state index is -3.71. The summed E-state index contributed by atoms with van der Waals surface area (Å²) in [7, 11) is -3.71. The Bertz CT molecular complexity index is 613. The molecule has 0 aromatic heterocycles. The summed E-state index contributed by atoms with van der Waals surface area (Å²) >= 11 is 15.3. The number of rotatable bonds is 3. The zero-order valence-corrected chi connectivity index (χ0v) is 15.8. The van der Waals surface area contributed by atoms with Gasteiger partial charge >= 0.3 is 0 Å². The second-order valence-corrected chi connectivity index (χ2v) is 9.64. The van der Waals surface area contributed by atoms with Gasteiger partial charge in [-0.1, -0.05) is 53.0 Å². The van der Waals surface area contributed by atoms with Gasteiger partial charge in [-0.15, -0.1) is 0 Å². The summed E-state index contributed by atoms with van der Waals surface area (Å²) in [5, 5.41) is 0.246. The van der Waals surface area contributed by atoms with Crippen molar-refractivity contribution in [1.82, 2.24) is 4.72 Å². The largest absolute Gasteiger partial charge is 0.243 e. The van der Waals surface area contributed by atoms with Crippen molar-refractivity contribution in [2.45, 2.75) is 50.5 Å². The highest BCUT2D eigenvalue weighted by molar-refractivity contribution is 9.10. The molecule has 0 heterocycles. The third-order valence-corrected chi connectivity index (χ3v) is 6.79. The first-order valence-electron chi connectivity index (χ1n) is 6.78. The summed E-state index contributed by atoms with van der Waals surface area (Å²) in [5.41, 5.74) is 0.287. The maximum Gasteiger partial charge on any atom is 0.243 e. The van der Waals surface area contributed by atoms with E-state index in [2.05, 4.69) is 34.5 Å². The van der Waals surface area contributed by atoms with Crippen molar-refractivity contribution in [3.63, 3.8) is 0 Å². The Morgan fingerprint density at radius 2 is 1.67 bits per heavy atom. The van der Waals surface area contributed by atoms with E-state index in [-0.39, 0.29) is 26.4 Å². The van der Waals surface area contributed by atoms with Crippen LogP contribution in [0.1, 0.15) is 39.5 Å². The van der Waals surface area contributed by atoms with Gasteiger partial charge in [-0.3, -0.25) is 0 Å². The normalized spacial score (nSPS) is 19.7. The van der Waals surface area contributed by atoms with Crippen LogP contribution >= 0.6 is 39.1 Å². The van der Waals surface area contributed by atoms with Crippen LogP contribution in [0.4, 0.5) is 0 Å². The Hall–Kier alpha value is 0.190. The van der Waals surface area contributed by atoms with E-state index in [4.69, 9.17) is 23.2 Å². The molecule has 0 bridgehead atoms. The predicted octanol–water partition coefficient (Wildman–Crippen LogP) is 5.00. The summed E-state index contributed by atoms with van der Waals surface area (Å²) in [5.74, 6) is 0. The van der Waals surface area contributed by atoms with Gasteiger partial charge in [0.05, 0.1) is 10.0 Å². The molecule has 1 aliphatic carbocycles. The molecule has 0 unspecified atom stereocenters. The van der Waals surface area contributed by atoms with E-state index in [9.17, 15) is 8.42 Å². The highest BCUT2D eigenvalue weighted by Crippen LogP contribution is 2.37. The van der Waals surface area contributed by atoms with E-state index >= 15 is 0 Å². The first-order valence-corrected chi connectivity index (χ1v) is 9.81. The molecule has 118 valence electrons. The third-order valence-electron chi connectivity index (χ3n) is 3.89. The summed E-state index contributed by atoms with van der Waals surface area (Å²) in [6, 6.07) is 3.01. The van der Waals surface area contributed by atoms with Crippen LogP contribution in [-0.4, -0.2) is 14.5 Å². The maximum atomic E-state index is 12.5. The molecular formula is C14H18BrCl2NO2S. The van der Waals surface area contributed by atoms with Crippen LogP contribution in [-0.2, 0) is 10.0 Å². The molecule has 0 spiro atoms. The topological polar surface area (TPSA) is 46.2 Å². The van der Waals surface area contributed by atoms with Crippen LogP contribution in [0.5, 0.6) is 0 Å². The average Bonchev–Trinajstić information content (AvgIpc) is 2.30. The quantitative estimate of drug-likeness (QED) is 0.755. The van der Waals surface area contributed by atoms with E-state index in [1.807, 2.05) is 0 Å². The molecule has 21 heavy (non-hydrogen) atoms. The lowest BCUT2D eigenvalue weighted by Gasteiger charge is -2.34. The predicted molar refractivity (Wildman–Crippen MR) is 90.5 cm³/mol. The van der Waals surface area contributed by atoms with Crippen molar-refractivity contribution in [1.29, 1.82) is 0 Å². The summed E-state index contributed by atoms with van der Waals surface area (Å²) in [4.78, 5) is -0.0427. The van der Waals surface area contributed by atoms with Gasteiger partial charge in [0.1, 0.15) is 4.90 Å². The lowest BCUT2D eigenvalue weighted by molar-refractivity contribution is 0.218. The second-order valence-electron chi connectivity index (χ2n) is 6.26. The second kappa shape index (κ2) is 6.36. The van der Waals surface area contributed by atoms with Crippen LogP contribution in [0.25, 0.3) is 0 Å². The lowest BCUT2D eigenvalue weighted by Crippen LogP contribution is -2.39. The average molecular weight is 415 g/mol. The van der Waals surface area contributed by atoms with Crippen LogP contribution in [0.15, 0.2) is 21.5 Å². The maximum absolute atomic E-state index is 12.5. The lowest BCUT2D eigenvalue weighted by atomic mass is 9.76. The Labute approximate surface area is 144 Å². The third kappa shape index (κ3) is 4.35. The Morgan fingerprint density at radius 1 is 1.19 bits per heavy atom. The number of nitrogens with one attached hydrogen (secondary N) is 1. The molecule has 1 aliphatic rings. The number of benzene rings is 1. The smallest absolute Gasteiger partial charge is 0.208 e. The molecule has 0 atom stereocenters. The minimum Gasteiger partial charge on any atom is -0.208 e. The van der Waals surface area contributed by atoms with E-state index in [1.54, 1.807) is 0 Å². The summed E-state index contributed by atoms with van der Waals surface area (Å²) in [6.45, 7) is 4.42. The number of hydrogen-bond acceptors (Lipinski definition) is 2. The summed E-state index contributed by atoms with van der Waals surface area (Å²) in [6.07, 6.45) is 3.67. The van der Waals surface area contributed by atoms with E-state index < -0.39 is 10.0 Å². The zero-order chi connectivity index (χ0) is 15.8. The van der Waals surface area contributed by atoms with Crippen molar-refractivity contribution in [2.75, 3.05) is 0 Å². The van der Waals surface area contributed by atoms with E-state index in [1.165, 1.54) is 12.1 Å². The summed E-state index contributed by atoms with van der Waals surface area (Å²) < 4.78 is 28.4. The Kier molecular flexibility index (Phi) is 5.31. The van der Waals surface area contributed by atoms with Crippen LogP contribution in [0.3, 0.4) is 0 Å². The van der Waals surface area contributed by atoms with Crippen LogP contribution < -0.4 is 4.72 Å². The minimum absolute atomic E-state index is 0.0427. The monoisotopic (exact) mass is 413 g/mol. The molecule has 1 aromatic carbocycles. The molecule has 0 saturated heterocycles. The molecule has 1 N–H and O–H groups in total. The first-order chi connectivity index (χ1) is 9.61. The van der Waals surface area contributed by atoms with Gasteiger partial charge in [0.25, 0.3) is 0 Å². The van der Waals surface area contributed by atoms with Crippen molar-refractivity contribution >= 4 is 49.2 Å². The molecule has 1 aromatic rings. The van der Waals surface area contributed by atoms with Gasteiger partial charge in [-0.2, -0.15) is 0 Å². The van der Waals surface area contributed by atoms with Crippen molar-refractivity contribution < 1.29 is 8.42 Å². The molecule has 0 radical (unpaired) electrons. The van der Waals surface area contributed by atoms with Crippen molar-refractivity contribution in [3.05, 3.63) is 26.7 Å². The molecule has 2 rings (SSSR count). The number of sulfonamides is 1. The van der Waals surface area contributed by atoms with Crippen LogP contribution in [0.2, 0.25) is 10.0 Å². The zero-order valence-electron chi connectivity index (χ0n) is 11.9. The van der Waals surface area contributed by atoms with Crippen molar-refractivity contribution in [3.8, 4) is 0 Å². The molecule has 0 amide bonds. The molecule has 0 aliphatic heterocycles. The van der Waals surface area contributed by atoms with E-state index in [0.717, 1.165) is 25.7 Å².